The summed E-state index contributed by atoms with van der Waals surface area (Å²) < 4.78 is 23.7. The molecular formula is C8H8F2N2O3. The Morgan fingerprint density at radius 3 is 2.53 bits per heavy atom. The smallest absolute Gasteiger partial charge is 0.322 e. The van der Waals surface area contributed by atoms with E-state index in [1.165, 1.54) is 12.3 Å². The van der Waals surface area contributed by atoms with Gasteiger partial charge in [-0.1, -0.05) is 0 Å². The molecule has 1 aromatic heterocycles. The molecule has 0 atom stereocenters. The molecule has 15 heavy (non-hydrogen) atoms. The molecule has 0 aliphatic rings. The molecule has 0 unspecified atom stereocenters. The summed E-state index contributed by atoms with van der Waals surface area (Å²) in [5, 5.41) is 9.79. The van der Waals surface area contributed by atoms with Crippen LogP contribution in [-0.2, 0) is 9.59 Å². The summed E-state index contributed by atoms with van der Waals surface area (Å²) in [5.41, 5.74) is 0. The second kappa shape index (κ2) is 7.36. The van der Waals surface area contributed by atoms with Crippen LogP contribution in [-0.4, -0.2) is 29.0 Å². The molecule has 0 saturated carbocycles. The lowest BCUT2D eigenvalue weighted by Gasteiger charge is -1.85. The predicted octanol–water partition coefficient (Wildman–Crippen LogP) is 0.177. The molecule has 0 aliphatic carbocycles. The molecule has 0 saturated heterocycles. The van der Waals surface area contributed by atoms with Gasteiger partial charge in [-0.15, -0.1) is 0 Å². The highest BCUT2D eigenvalue weighted by Crippen LogP contribution is 1.97. The van der Waals surface area contributed by atoms with Crippen LogP contribution in [0.15, 0.2) is 18.3 Å². The van der Waals surface area contributed by atoms with Gasteiger partial charge in [-0.25, -0.2) is 9.37 Å². The van der Waals surface area contributed by atoms with Gasteiger partial charge in [-0.3, -0.25) is 9.59 Å². The van der Waals surface area contributed by atoms with Gasteiger partial charge in [0, 0.05) is 6.20 Å². The van der Waals surface area contributed by atoms with Crippen LogP contribution >= 0.6 is 0 Å². The fraction of sp³-hybridized carbons (Fsp3) is 0.125. The van der Waals surface area contributed by atoms with E-state index in [9.17, 15) is 18.4 Å². The molecule has 0 aromatic carbocycles. The van der Waals surface area contributed by atoms with E-state index in [0.29, 0.717) is 6.41 Å². The molecular weight excluding hydrogens is 210 g/mol. The maximum Gasteiger partial charge on any atom is 0.322 e. The number of aliphatic carboxylic acids is 1. The zero-order valence-corrected chi connectivity index (χ0v) is 7.48. The van der Waals surface area contributed by atoms with Gasteiger partial charge in [-0.2, -0.15) is 4.39 Å². The molecule has 7 heteroatoms. The first-order chi connectivity index (χ1) is 7.07. The molecule has 2 N–H and O–H groups in total. The highest BCUT2D eigenvalue weighted by Gasteiger charge is 1.95. The second-order valence-corrected chi connectivity index (χ2v) is 2.17. The lowest BCUT2D eigenvalue weighted by molar-refractivity contribution is -0.136. The third-order valence-corrected chi connectivity index (χ3v) is 1.05. The minimum atomic E-state index is -1.05. The maximum absolute atomic E-state index is 11.9. The molecule has 5 nitrogen and oxygen atoms in total. The normalized spacial score (nSPS) is 8.40. The average molecular weight is 218 g/mol. The van der Waals surface area contributed by atoms with Crippen LogP contribution in [0.4, 0.5) is 8.78 Å². The van der Waals surface area contributed by atoms with Gasteiger partial charge in [0.25, 0.3) is 0 Å². The third-order valence-electron chi connectivity index (χ3n) is 1.05. The van der Waals surface area contributed by atoms with Gasteiger partial charge in [0.05, 0.1) is 0 Å². The number of amides is 1. The van der Waals surface area contributed by atoms with Gasteiger partial charge in [0.15, 0.2) is 5.82 Å². The molecule has 0 radical (unpaired) electrons. The lowest BCUT2D eigenvalue weighted by Crippen LogP contribution is -2.20. The van der Waals surface area contributed by atoms with E-state index in [-0.39, 0.29) is 6.54 Å². The van der Waals surface area contributed by atoms with Crippen LogP contribution in [0, 0.1) is 11.8 Å². The Morgan fingerprint density at radius 1 is 1.60 bits per heavy atom. The van der Waals surface area contributed by atoms with Crippen molar-refractivity contribution in [2.75, 3.05) is 6.54 Å². The first kappa shape index (κ1) is 12.9. The van der Waals surface area contributed by atoms with Crippen molar-refractivity contribution in [3.63, 3.8) is 0 Å². The maximum atomic E-state index is 11.9. The van der Waals surface area contributed by atoms with E-state index in [2.05, 4.69) is 4.98 Å². The van der Waals surface area contributed by atoms with E-state index < -0.39 is 17.7 Å². The van der Waals surface area contributed by atoms with Crippen molar-refractivity contribution in [3.05, 3.63) is 30.1 Å². The highest BCUT2D eigenvalue weighted by molar-refractivity contribution is 5.71. The standard InChI is InChI=1S/C5H3F2N.C3H5NO3/c6-4-2-1-3-8-5(4)7;5-2-4-1-3(6)7/h1-3H;2H,1H2,(H,4,5)(H,6,7). The summed E-state index contributed by atoms with van der Waals surface area (Å²) in [6, 6.07) is 2.35. The van der Waals surface area contributed by atoms with Crippen molar-refractivity contribution in [3.8, 4) is 0 Å². The number of carbonyl (C=O) groups excluding carboxylic acids is 1. The Bertz CT molecular complexity index is 312. The molecule has 1 amide bonds. The largest absolute Gasteiger partial charge is 0.480 e. The van der Waals surface area contributed by atoms with E-state index >= 15 is 0 Å². The molecule has 1 rings (SSSR count). The number of aromatic nitrogens is 1. The Balaban J connectivity index is 0.000000265. The molecule has 0 spiro atoms. The molecule has 1 heterocycles. The number of carbonyl (C=O) groups is 2. The number of carboxylic acids is 1. The molecule has 82 valence electrons. The number of halogens is 2. The zero-order valence-electron chi connectivity index (χ0n) is 7.48. The summed E-state index contributed by atoms with van der Waals surface area (Å²) >= 11 is 0. The Hall–Kier alpha value is -2.05. The topological polar surface area (TPSA) is 79.3 Å². The molecule has 0 fully saturated rings. The average Bonchev–Trinajstić information content (AvgIpc) is 2.20. The van der Waals surface area contributed by atoms with Crippen molar-refractivity contribution in [1.29, 1.82) is 0 Å². The SMILES string of the molecule is Fc1cccnc1F.O=CNCC(=O)O. The van der Waals surface area contributed by atoms with Crippen LogP contribution in [0.3, 0.4) is 0 Å². The Labute approximate surface area is 83.7 Å². The van der Waals surface area contributed by atoms with Gasteiger partial charge >= 0.3 is 5.97 Å². The van der Waals surface area contributed by atoms with Crippen LogP contribution in [0.1, 0.15) is 0 Å². The predicted molar refractivity (Wildman–Crippen MR) is 45.9 cm³/mol. The zero-order chi connectivity index (χ0) is 11.7. The minimum absolute atomic E-state index is 0.302. The number of pyridine rings is 1. The number of nitrogens with one attached hydrogen (secondary N) is 1. The fourth-order valence-corrected chi connectivity index (χ4v) is 0.495. The summed E-state index contributed by atoms with van der Waals surface area (Å²) in [7, 11) is 0. The number of rotatable bonds is 3. The van der Waals surface area contributed by atoms with Crippen LogP contribution in [0.5, 0.6) is 0 Å². The van der Waals surface area contributed by atoms with Crippen molar-refractivity contribution in [2.24, 2.45) is 0 Å². The Kier molecular flexibility index (Phi) is 6.36. The quantitative estimate of drug-likeness (QED) is 0.560. The van der Waals surface area contributed by atoms with Crippen LogP contribution < -0.4 is 5.32 Å². The third kappa shape index (κ3) is 7.05. The number of hydrogen-bond donors (Lipinski definition) is 2. The van der Waals surface area contributed by atoms with Crippen molar-refractivity contribution in [2.45, 2.75) is 0 Å². The number of nitrogens with zero attached hydrogens (tertiary/aromatic N) is 1. The first-order valence-corrected chi connectivity index (χ1v) is 3.72. The van der Waals surface area contributed by atoms with Crippen molar-refractivity contribution >= 4 is 12.4 Å². The van der Waals surface area contributed by atoms with Crippen molar-refractivity contribution < 1.29 is 23.5 Å². The Morgan fingerprint density at radius 2 is 2.27 bits per heavy atom. The van der Waals surface area contributed by atoms with E-state index in [0.717, 1.165) is 6.07 Å². The van der Waals surface area contributed by atoms with Crippen molar-refractivity contribution in [1.82, 2.24) is 10.3 Å². The minimum Gasteiger partial charge on any atom is -0.480 e. The van der Waals surface area contributed by atoms with E-state index in [4.69, 9.17) is 5.11 Å². The molecule has 1 aromatic rings. The number of hydrogen-bond acceptors (Lipinski definition) is 3. The number of carboxylic acid groups (broad SMARTS) is 1. The molecule has 0 aliphatic heterocycles. The summed E-state index contributed by atoms with van der Waals surface area (Å²) in [6.45, 7) is -0.302. The monoisotopic (exact) mass is 218 g/mol. The lowest BCUT2D eigenvalue weighted by atomic mass is 10.5. The van der Waals surface area contributed by atoms with E-state index in [1.54, 1.807) is 0 Å². The van der Waals surface area contributed by atoms with Gasteiger partial charge < -0.3 is 10.4 Å². The van der Waals surface area contributed by atoms with Gasteiger partial charge in [-0.05, 0) is 12.1 Å². The summed E-state index contributed by atoms with van der Waals surface area (Å²) in [4.78, 5) is 21.9. The fourth-order valence-electron chi connectivity index (χ4n) is 0.495. The van der Waals surface area contributed by atoms with Gasteiger partial charge in [0.2, 0.25) is 12.4 Å². The van der Waals surface area contributed by atoms with Crippen LogP contribution in [0.25, 0.3) is 0 Å². The summed E-state index contributed by atoms with van der Waals surface area (Å²) in [5.74, 6) is -2.99. The molecule has 0 bridgehead atoms. The van der Waals surface area contributed by atoms with E-state index in [1.807, 2.05) is 5.32 Å². The highest BCUT2D eigenvalue weighted by atomic mass is 19.2. The first-order valence-electron chi connectivity index (χ1n) is 3.72. The second-order valence-electron chi connectivity index (χ2n) is 2.17. The summed E-state index contributed by atoms with van der Waals surface area (Å²) in [6.07, 6.45) is 1.53. The van der Waals surface area contributed by atoms with Crippen LogP contribution in [0.2, 0.25) is 0 Å². The van der Waals surface area contributed by atoms with Gasteiger partial charge in [0.1, 0.15) is 6.54 Å².